The fraction of sp³-hybridized carbons (Fsp3) is 0. The Morgan fingerprint density at radius 3 is 2.59 bits per heavy atom. The van der Waals surface area contributed by atoms with Gasteiger partial charge in [-0.15, -0.1) is 0 Å². The van der Waals surface area contributed by atoms with Crippen LogP contribution in [0, 0.1) is 0 Å². The first-order chi connectivity index (χ1) is 8.10. The number of rotatable bonds is 3. The standard InChI is InChI=1S/C11H9NO4S/c12-9-2-1-8-3-7(6-13)4-11(10(8)5-9)16-17(14)15/h1-6,17H,12H2. The van der Waals surface area contributed by atoms with Crippen LogP contribution in [-0.2, 0) is 11.0 Å². The number of hydrogen-bond acceptors (Lipinski definition) is 5. The molecule has 0 heterocycles. The highest BCUT2D eigenvalue weighted by Crippen LogP contribution is 2.29. The second kappa shape index (κ2) is 4.42. The third-order valence-electron chi connectivity index (χ3n) is 2.27. The van der Waals surface area contributed by atoms with E-state index in [1.54, 1.807) is 24.3 Å². The Morgan fingerprint density at radius 1 is 1.18 bits per heavy atom. The number of benzene rings is 2. The van der Waals surface area contributed by atoms with Crippen LogP contribution in [0.25, 0.3) is 10.8 Å². The fourth-order valence-corrected chi connectivity index (χ4v) is 1.90. The Hall–Kier alpha value is -2.08. The van der Waals surface area contributed by atoms with Gasteiger partial charge in [0.05, 0.1) is 0 Å². The molecule has 0 unspecified atom stereocenters. The van der Waals surface area contributed by atoms with Gasteiger partial charge in [-0.3, -0.25) is 4.79 Å². The average Bonchev–Trinajstić information content (AvgIpc) is 2.28. The zero-order chi connectivity index (χ0) is 12.4. The summed E-state index contributed by atoms with van der Waals surface area (Å²) in [6, 6.07) is 7.95. The summed E-state index contributed by atoms with van der Waals surface area (Å²) in [5, 5.41) is 1.24. The van der Waals surface area contributed by atoms with Crippen molar-refractivity contribution < 1.29 is 17.4 Å². The van der Waals surface area contributed by atoms with Crippen LogP contribution in [0.3, 0.4) is 0 Å². The van der Waals surface area contributed by atoms with Gasteiger partial charge >= 0.3 is 0 Å². The maximum atomic E-state index is 10.7. The van der Waals surface area contributed by atoms with Crippen molar-refractivity contribution in [3.05, 3.63) is 35.9 Å². The molecule has 6 heteroatoms. The molecule has 0 atom stereocenters. The van der Waals surface area contributed by atoms with E-state index < -0.39 is 11.0 Å². The summed E-state index contributed by atoms with van der Waals surface area (Å²) in [7, 11) is -3.03. The molecule has 0 spiro atoms. The van der Waals surface area contributed by atoms with Gasteiger partial charge in [0, 0.05) is 16.6 Å². The van der Waals surface area contributed by atoms with Crippen LogP contribution in [0.4, 0.5) is 5.69 Å². The summed E-state index contributed by atoms with van der Waals surface area (Å²) in [5.74, 6) is 0.105. The van der Waals surface area contributed by atoms with E-state index in [1.807, 2.05) is 0 Å². The van der Waals surface area contributed by atoms with E-state index in [9.17, 15) is 13.2 Å². The molecule has 0 fully saturated rings. The largest absolute Gasteiger partial charge is 0.399 e. The average molecular weight is 251 g/mol. The molecule has 0 radical (unpaired) electrons. The summed E-state index contributed by atoms with van der Waals surface area (Å²) >= 11 is 0. The first kappa shape index (κ1) is 11.4. The SMILES string of the molecule is Nc1ccc2cc(C=O)cc(O[SH](=O)=O)c2c1. The fourth-order valence-electron chi connectivity index (χ4n) is 1.59. The predicted octanol–water partition coefficient (Wildman–Crippen LogP) is 1.14. The number of carbonyl (C=O) groups excluding carboxylic acids is 1. The second-order valence-electron chi connectivity index (χ2n) is 3.43. The molecule has 0 saturated carbocycles. The molecule has 2 N–H and O–H groups in total. The van der Waals surface area contributed by atoms with Crippen molar-refractivity contribution in [2.75, 3.05) is 5.73 Å². The van der Waals surface area contributed by atoms with E-state index in [0.29, 0.717) is 28.3 Å². The molecular formula is C11H9NO4S. The molecule has 2 aromatic carbocycles. The lowest BCUT2D eigenvalue weighted by atomic mass is 10.1. The third kappa shape index (κ3) is 2.36. The van der Waals surface area contributed by atoms with E-state index in [2.05, 4.69) is 4.18 Å². The van der Waals surface area contributed by atoms with Crippen LogP contribution in [0.5, 0.6) is 5.75 Å². The Balaban J connectivity index is 2.75. The van der Waals surface area contributed by atoms with Crippen LogP contribution in [0.2, 0.25) is 0 Å². The number of carbonyl (C=O) groups is 1. The van der Waals surface area contributed by atoms with E-state index >= 15 is 0 Å². The molecule has 0 bridgehead atoms. The predicted molar refractivity (Wildman–Crippen MR) is 64.7 cm³/mol. The molecule has 0 aliphatic heterocycles. The number of fused-ring (bicyclic) bond motifs is 1. The number of nitrogens with two attached hydrogens (primary N) is 1. The van der Waals surface area contributed by atoms with Gasteiger partial charge in [0.15, 0.2) is 5.75 Å². The molecule has 2 aromatic rings. The van der Waals surface area contributed by atoms with Crippen molar-refractivity contribution in [2.24, 2.45) is 0 Å². The summed E-state index contributed by atoms with van der Waals surface area (Å²) in [5.41, 5.74) is 6.45. The van der Waals surface area contributed by atoms with E-state index in [1.165, 1.54) is 6.07 Å². The number of nitrogen functional groups attached to an aromatic ring is 1. The molecule has 0 aliphatic rings. The summed E-state index contributed by atoms with van der Waals surface area (Å²) in [6.07, 6.45) is 0.626. The third-order valence-corrected chi connectivity index (χ3v) is 2.62. The van der Waals surface area contributed by atoms with Gasteiger partial charge in [0.2, 0.25) is 0 Å². The van der Waals surface area contributed by atoms with Crippen molar-refractivity contribution in [1.82, 2.24) is 0 Å². The lowest BCUT2D eigenvalue weighted by Crippen LogP contribution is -1.94. The van der Waals surface area contributed by atoms with E-state index in [4.69, 9.17) is 5.73 Å². The molecule has 17 heavy (non-hydrogen) atoms. The highest BCUT2D eigenvalue weighted by Gasteiger charge is 2.06. The van der Waals surface area contributed by atoms with E-state index in [-0.39, 0.29) is 5.75 Å². The molecule has 5 nitrogen and oxygen atoms in total. The second-order valence-corrected chi connectivity index (χ2v) is 4.06. The molecule has 0 amide bonds. The minimum atomic E-state index is -3.03. The van der Waals surface area contributed by atoms with Crippen LogP contribution >= 0.6 is 0 Å². The smallest absolute Gasteiger partial charge is 0.299 e. The Bertz CT molecular complexity index is 656. The monoisotopic (exact) mass is 251 g/mol. The van der Waals surface area contributed by atoms with Gasteiger partial charge < -0.3 is 9.92 Å². The first-order valence-corrected chi connectivity index (χ1v) is 5.80. The van der Waals surface area contributed by atoms with Crippen molar-refractivity contribution in [3.8, 4) is 5.75 Å². The summed E-state index contributed by atoms with van der Waals surface area (Å²) in [4.78, 5) is 10.7. The van der Waals surface area contributed by atoms with Gasteiger partial charge in [-0.25, -0.2) is 0 Å². The molecule has 0 aliphatic carbocycles. The van der Waals surface area contributed by atoms with Gasteiger partial charge in [-0.1, -0.05) is 6.07 Å². The van der Waals surface area contributed by atoms with Crippen molar-refractivity contribution >= 4 is 33.7 Å². The molecular weight excluding hydrogens is 242 g/mol. The molecule has 88 valence electrons. The van der Waals surface area contributed by atoms with E-state index in [0.717, 1.165) is 0 Å². The highest BCUT2D eigenvalue weighted by molar-refractivity contribution is 7.67. The van der Waals surface area contributed by atoms with Crippen molar-refractivity contribution in [3.63, 3.8) is 0 Å². The van der Waals surface area contributed by atoms with Gasteiger partial charge in [0.25, 0.3) is 11.0 Å². The van der Waals surface area contributed by atoms with Crippen molar-refractivity contribution in [2.45, 2.75) is 0 Å². The van der Waals surface area contributed by atoms with Gasteiger partial charge in [-0.2, -0.15) is 8.42 Å². The zero-order valence-electron chi connectivity index (χ0n) is 8.62. The Kier molecular flexibility index (Phi) is 2.97. The molecule has 2 rings (SSSR count). The van der Waals surface area contributed by atoms with Crippen molar-refractivity contribution in [1.29, 1.82) is 0 Å². The minimum Gasteiger partial charge on any atom is -0.399 e. The minimum absolute atomic E-state index is 0.105. The Labute approximate surface area is 99.0 Å². The maximum Gasteiger partial charge on any atom is 0.299 e. The lowest BCUT2D eigenvalue weighted by Gasteiger charge is -2.06. The zero-order valence-corrected chi connectivity index (χ0v) is 9.52. The number of thiol groups is 1. The summed E-state index contributed by atoms with van der Waals surface area (Å²) < 4.78 is 25.8. The lowest BCUT2D eigenvalue weighted by molar-refractivity contribution is 0.112. The van der Waals surface area contributed by atoms with Crippen LogP contribution in [0.15, 0.2) is 30.3 Å². The Morgan fingerprint density at radius 2 is 1.94 bits per heavy atom. The molecule has 0 saturated heterocycles. The van der Waals surface area contributed by atoms with Crippen LogP contribution in [0.1, 0.15) is 10.4 Å². The van der Waals surface area contributed by atoms with Gasteiger partial charge in [-0.05, 0) is 29.7 Å². The number of anilines is 1. The highest BCUT2D eigenvalue weighted by atomic mass is 32.2. The van der Waals surface area contributed by atoms with Crippen LogP contribution in [-0.4, -0.2) is 14.7 Å². The van der Waals surface area contributed by atoms with Gasteiger partial charge in [0.1, 0.15) is 6.29 Å². The molecule has 0 aromatic heterocycles. The summed E-state index contributed by atoms with van der Waals surface area (Å²) in [6.45, 7) is 0. The first-order valence-electron chi connectivity index (χ1n) is 4.71. The van der Waals surface area contributed by atoms with Crippen LogP contribution < -0.4 is 9.92 Å². The topological polar surface area (TPSA) is 86.5 Å². The normalized spacial score (nSPS) is 10.6. The number of aldehydes is 1. The number of hydrogen-bond donors (Lipinski definition) is 2. The maximum absolute atomic E-state index is 10.7. The quantitative estimate of drug-likeness (QED) is 0.485.